The molecule has 0 atom stereocenters. The van der Waals surface area contributed by atoms with E-state index in [1.807, 2.05) is 12.1 Å². The van der Waals surface area contributed by atoms with Crippen LogP contribution in [0.4, 0.5) is 0 Å². The molecule has 0 saturated carbocycles. The first-order valence-corrected chi connectivity index (χ1v) is 9.37. The molecular weight excluding hydrogens is 380 g/mol. The summed E-state index contributed by atoms with van der Waals surface area (Å²) >= 11 is 3.42. The number of methoxy groups -OCH3 is 1. The number of carbonyl (C=O) groups excluding carboxylic acids is 1. The number of halogens is 1. The number of benzene rings is 2. The van der Waals surface area contributed by atoms with Gasteiger partial charge < -0.3 is 10.1 Å². The summed E-state index contributed by atoms with van der Waals surface area (Å²) in [6.45, 7) is 3.76. The van der Waals surface area contributed by atoms with Crippen LogP contribution in [0.2, 0.25) is 0 Å². The van der Waals surface area contributed by atoms with Gasteiger partial charge in [0.25, 0.3) is 5.91 Å². The SMILES string of the molecule is COc1ccc(Br)c(C(=O)NCCCN2CCc3ccccc3C2)c1. The summed E-state index contributed by atoms with van der Waals surface area (Å²) in [5.41, 5.74) is 3.50. The lowest BCUT2D eigenvalue weighted by Crippen LogP contribution is -2.33. The smallest absolute Gasteiger partial charge is 0.252 e. The zero-order chi connectivity index (χ0) is 17.6. The molecule has 1 amide bonds. The Hall–Kier alpha value is -1.85. The maximum atomic E-state index is 12.3. The molecule has 0 bridgehead atoms. The molecule has 0 saturated heterocycles. The summed E-state index contributed by atoms with van der Waals surface area (Å²) in [4.78, 5) is 14.8. The zero-order valence-corrected chi connectivity index (χ0v) is 16.0. The third-order valence-electron chi connectivity index (χ3n) is 4.56. The topological polar surface area (TPSA) is 41.6 Å². The fraction of sp³-hybridized carbons (Fsp3) is 0.350. The van der Waals surface area contributed by atoms with E-state index in [-0.39, 0.29) is 5.91 Å². The average Bonchev–Trinajstić information content (AvgIpc) is 2.65. The number of hydrogen-bond acceptors (Lipinski definition) is 3. The Morgan fingerprint density at radius 3 is 2.84 bits per heavy atom. The van der Waals surface area contributed by atoms with Gasteiger partial charge >= 0.3 is 0 Å². The lowest BCUT2D eigenvalue weighted by molar-refractivity contribution is 0.0950. The van der Waals surface area contributed by atoms with Crippen molar-refractivity contribution >= 4 is 21.8 Å². The first-order chi connectivity index (χ1) is 12.2. The second kappa shape index (κ2) is 8.50. The summed E-state index contributed by atoms with van der Waals surface area (Å²) in [6, 6.07) is 14.1. The number of nitrogens with one attached hydrogen (secondary N) is 1. The number of fused-ring (bicyclic) bond motifs is 1. The highest BCUT2D eigenvalue weighted by Gasteiger charge is 2.15. The summed E-state index contributed by atoms with van der Waals surface area (Å²) in [6.07, 6.45) is 2.05. The van der Waals surface area contributed by atoms with E-state index in [0.29, 0.717) is 17.9 Å². The minimum absolute atomic E-state index is 0.0743. The Morgan fingerprint density at radius 1 is 1.24 bits per heavy atom. The maximum Gasteiger partial charge on any atom is 0.252 e. The van der Waals surface area contributed by atoms with Crippen molar-refractivity contribution in [1.82, 2.24) is 10.2 Å². The van der Waals surface area contributed by atoms with Crippen LogP contribution >= 0.6 is 15.9 Å². The van der Waals surface area contributed by atoms with Crippen LogP contribution in [0.3, 0.4) is 0 Å². The van der Waals surface area contributed by atoms with Crippen LogP contribution in [0.1, 0.15) is 27.9 Å². The molecule has 1 N–H and O–H groups in total. The first kappa shape index (κ1) is 18.0. The van der Waals surface area contributed by atoms with Gasteiger partial charge in [-0.25, -0.2) is 0 Å². The molecule has 0 unspecified atom stereocenters. The van der Waals surface area contributed by atoms with Crippen LogP contribution in [0.15, 0.2) is 46.9 Å². The largest absolute Gasteiger partial charge is 0.497 e. The molecule has 0 aromatic heterocycles. The molecule has 2 aromatic rings. The van der Waals surface area contributed by atoms with E-state index in [2.05, 4.69) is 50.4 Å². The van der Waals surface area contributed by atoms with Crippen LogP contribution in [0.25, 0.3) is 0 Å². The van der Waals surface area contributed by atoms with Gasteiger partial charge in [0.15, 0.2) is 0 Å². The highest BCUT2D eigenvalue weighted by molar-refractivity contribution is 9.10. The number of ether oxygens (including phenoxy) is 1. The minimum atomic E-state index is -0.0743. The van der Waals surface area contributed by atoms with Gasteiger partial charge in [-0.15, -0.1) is 0 Å². The van der Waals surface area contributed by atoms with Gasteiger partial charge in [-0.2, -0.15) is 0 Å². The van der Waals surface area contributed by atoms with Gasteiger partial charge in [0.05, 0.1) is 12.7 Å². The predicted molar refractivity (Wildman–Crippen MR) is 103 cm³/mol. The predicted octanol–water partition coefficient (Wildman–Crippen LogP) is 3.64. The Balaban J connectivity index is 1.45. The summed E-state index contributed by atoms with van der Waals surface area (Å²) in [5.74, 6) is 0.607. The second-order valence-electron chi connectivity index (χ2n) is 6.25. The molecule has 132 valence electrons. The van der Waals surface area contributed by atoms with Crippen molar-refractivity contribution in [1.29, 1.82) is 0 Å². The van der Waals surface area contributed by atoms with Crippen molar-refractivity contribution in [3.8, 4) is 5.75 Å². The zero-order valence-electron chi connectivity index (χ0n) is 14.4. The molecular formula is C20H23BrN2O2. The van der Waals surface area contributed by atoms with E-state index in [1.165, 1.54) is 11.1 Å². The van der Waals surface area contributed by atoms with Crippen LogP contribution in [-0.4, -0.2) is 37.6 Å². The molecule has 0 aliphatic carbocycles. The second-order valence-corrected chi connectivity index (χ2v) is 7.10. The van der Waals surface area contributed by atoms with Gasteiger partial charge in [0.1, 0.15) is 5.75 Å². The van der Waals surface area contributed by atoms with Crippen molar-refractivity contribution in [2.24, 2.45) is 0 Å². The minimum Gasteiger partial charge on any atom is -0.497 e. The molecule has 0 radical (unpaired) electrons. The fourth-order valence-electron chi connectivity index (χ4n) is 3.15. The molecule has 0 spiro atoms. The van der Waals surface area contributed by atoms with Gasteiger partial charge in [0, 0.05) is 30.7 Å². The molecule has 1 aliphatic rings. The van der Waals surface area contributed by atoms with Gasteiger partial charge in [0.2, 0.25) is 0 Å². The van der Waals surface area contributed by atoms with Gasteiger partial charge in [-0.05, 0) is 58.1 Å². The number of hydrogen-bond donors (Lipinski definition) is 1. The number of nitrogens with zero attached hydrogens (tertiary/aromatic N) is 1. The van der Waals surface area contributed by atoms with Crippen LogP contribution in [0.5, 0.6) is 5.75 Å². The van der Waals surface area contributed by atoms with Crippen LogP contribution in [-0.2, 0) is 13.0 Å². The third-order valence-corrected chi connectivity index (χ3v) is 5.26. The highest BCUT2D eigenvalue weighted by Crippen LogP contribution is 2.22. The molecule has 2 aromatic carbocycles. The normalized spacial score (nSPS) is 14.0. The third kappa shape index (κ3) is 4.61. The number of rotatable bonds is 6. The van der Waals surface area contributed by atoms with E-state index >= 15 is 0 Å². The van der Waals surface area contributed by atoms with E-state index < -0.39 is 0 Å². The fourth-order valence-corrected chi connectivity index (χ4v) is 3.58. The lowest BCUT2D eigenvalue weighted by atomic mass is 10.00. The van der Waals surface area contributed by atoms with Crippen molar-refractivity contribution in [2.75, 3.05) is 26.7 Å². The van der Waals surface area contributed by atoms with E-state index in [0.717, 1.165) is 36.9 Å². The Kier molecular flexibility index (Phi) is 6.10. The van der Waals surface area contributed by atoms with Crippen LogP contribution < -0.4 is 10.1 Å². The van der Waals surface area contributed by atoms with Crippen molar-refractivity contribution in [3.63, 3.8) is 0 Å². The summed E-state index contributed by atoms with van der Waals surface area (Å²) in [5, 5.41) is 3.00. The quantitative estimate of drug-likeness (QED) is 0.749. The van der Waals surface area contributed by atoms with Crippen molar-refractivity contribution < 1.29 is 9.53 Å². The summed E-state index contributed by atoms with van der Waals surface area (Å²) in [7, 11) is 1.60. The average molecular weight is 403 g/mol. The molecule has 0 fully saturated rings. The van der Waals surface area contributed by atoms with E-state index in [4.69, 9.17) is 4.74 Å². The molecule has 1 heterocycles. The Morgan fingerprint density at radius 2 is 2.04 bits per heavy atom. The van der Waals surface area contributed by atoms with Crippen molar-refractivity contribution in [3.05, 3.63) is 63.6 Å². The molecule has 1 aliphatic heterocycles. The monoisotopic (exact) mass is 402 g/mol. The summed E-state index contributed by atoms with van der Waals surface area (Å²) < 4.78 is 5.96. The molecule has 4 nitrogen and oxygen atoms in total. The Bertz CT molecular complexity index is 748. The van der Waals surface area contributed by atoms with Crippen molar-refractivity contribution in [2.45, 2.75) is 19.4 Å². The van der Waals surface area contributed by atoms with E-state index in [9.17, 15) is 4.79 Å². The highest BCUT2D eigenvalue weighted by atomic mass is 79.9. The Labute approximate surface area is 157 Å². The van der Waals surface area contributed by atoms with Crippen LogP contribution in [0, 0.1) is 0 Å². The molecule has 5 heteroatoms. The standard InChI is InChI=1S/C20H23BrN2O2/c1-25-17-7-8-19(21)18(13-17)20(24)22-10-4-11-23-12-9-15-5-2-3-6-16(15)14-23/h2-3,5-8,13H,4,9-12,14H2,1H3,(H,22,24). The van der Waals surface area contributed by atoms with Gasteiger partial charge in [-0.1, -0.05) is 24.3 Å². The van der Waals surface area contributed by atoms with Gasteiger partial charge in [-0.3, -0.25) is 9.69 Å². The van der Waals surface area contributed by atoms with E-state index in [1.54, 1.807) is 13.2 Å². The lowest BCUT2D eigenvalue weighted by Gasteiger charge is -2.28. The number of amides is 1. The molecule has 3 rings (SSSR count). The maximum absolute atomic E-state index is 12.3. The molecule has 25 heavy (non-hydrogen) atoms. The first-order valence-electron chi connectivity index (χ1n) is 8.58. The number of carbonyl (C=O) groups is 1.